The summed E-state index contributed by atoms with van der Waals surface area (Å²) < 4.78 is 6.22. The van der Waals surface area contributed by atoms with Crippen LogP contribution < -0.4 is 0 Å². The summed E-state index contributed by atoms with van der Waals surface area (Å²) in [6, 6.07) is 8.29. The van der Waals surface area contributed by atoms with Gasteiger partial charge >= 0.3 is 0 Å². The zero-order chi connectivity index (χ0) is 17.3. The lowest BCUT2D eigenvalue weighted by molar-refractivity contribution is 0.0108. The zero-order valence-corrected chi connectivity index (χ0v) is 15.2. The minimum absolute atomic E-state index is 0.131. The zero-order valence-electron chi connectivity index (χ0n) is 14.4. The van der Waals surface area contributed by atoms with E-state index < -0.39 is 0 Å². The molecule has 0 aliphatic carbocycles. The molecule has 25 heavy (non-hydrogen) atoms. The number of pyridine rings is 1. The third kappa shape index (κ3) is 3.47. The van der Waals surface area contributed by atoms with E-state index in [-0.39, 0.29) is 11.5 Å². The van der Waals surface area contributed by atoms with Gasteiger partial charge in [-0.1, -0.05) is 6.07 Å². The number of aromatic nitrogens is 1. The molecule has 0 aromatic carbocycles. The first-order chi connectivity index (χ1) is 12.2. The molecule has 2 fully saturated rings. The van der Waals surface area contributed by atoms with Crippen molar-refractivity contribution in [1.82, 2.24) is 14.8 Å². The summed E-state index contributed by atoms with van der Waals surface area (Å²) >= 11 is 1.56. The van der Waals surface area contributed by atoms with Crippen LogP contribution in [0.3, 0.4) is 0 Å². The minimum Gasteiger partial charge on any atom is -0.371 e. The average Bonchev–Trinajstić information content (AvgIpc) is 3.37. The van der Waals surface area contributed by atoms with Gasteiger partial charge in [-0.3, -0.25) is 14.7 Å². The fourth-order valence-corrected chi connectivity index (χ4v) is 4.48. The summed E-state index contributed by atoms with van der Waals surface area (Å²) in [4.78, 5) is 21.2. The molecule has 1 spiro atoms. The molecule has 2 atom stereocenters. The van der Waals surface area contributed by atoms with Gasteiger partial charge in [0.1, 0.15) is 0 Å². The van der Waals surface area contributed by atoms with Crippen LogP contribution in [0.2, 0.25) is 0 Å². The van der Waals surface area contributed by atoms with Gasteiger partial charge in [-0.15, -0.1) is 0 Å². The van der Waals surface area contributed by atoms with Crippen LogP contribution in [0.4, 0.5) is 0 Å². The van der Waals surface area contributed by atoms with Crippen LogP contribution in [0.15, 0.2) is 41.2 Å². The third-order valence-corrected chi connectivity index (χ3v) is 6.01. The van der Waals surface area contributed by atoms with E-state index in [4.69, 9.17) is 4.74 Å². The summed E-state index contributed by atoms with van der Waals surface area (Å²) in [5.74, 6) is 0.131. The quantitative estimate of drug-likeness (QED) is 0.844. The maximum Gasteiger partial charge on any atom is 0.254 e. The second kappa shape index (κ2) is 6.86. The van der Waals surface area contributed by atoms with E-state index >= 15 is 0 Å². The number of carbonyl (C=O) groups excluding carboxylic acids is 1. The van der Waals surface area contributed by atoms with Crippen LogP contribution in [0.5, 0.6) is 0 Å². The van der Waals surface area contributed by atoms with Gasteiger partial charge in [0.15, 0.2) is 0 Å². The normalized spacial score (nSPS) is 26.0. The average molecular weight is 357 g/mol. The van der Waals surface area contributed by atoms with E-state index in [2.05, 4.69) is 23.0 Å². The highest BCUT2D eigenvalue weighted by atomic mass is 32.1. The molecule has 5 nitrogen and oxygen atoms in total. The Hall–Kier alpha value is -1.76. The lowest BCUT2D eigenvalue weighted by Crippen LogP contribution is -2.37. The molecular weight excluding hydrogens is 334 g/mol. The summed E-state index contributed by atoms with van der Waals surface area (Å²) in [5.41, 5.74) is 1.70. The molecule has 2 aliphatic heterocycles. The first-order valence-electron chi connectivity index (χ1n) is 8.71. The van der Waals surface area contributed by atoms with Crippen LogP contribution in [0, 0.1) is 0 Å². The van der Waals surface area contributed by atoms with Gasteiger partial charge in [0.2, 0.25) is 0 Å². The molecule has 132 valence electrons. The molecule has 4 rings (SSSR count). The van der Waals surface area contributed by atoms with Crippen molar-refractivity contribution in [2.45, 2.75) is 31.0 Å². The van der Waals surface area contributed by atoms with Gasteiger partial charge in [0.05, 0.1) is 30.0 Å². The molecule has 2 aliphatic rings. The fraction of sp³-hybridized carbons (Fsp3) is 0.474. The number of nitrogens with zero attached hydrogens (tertiary/aromatic N) is 3. The van der Waals surface area contributed by atoms with Crippen molar-refractivity contribution in [3.8, 4) is 0 Å². The van der Waals surface area contributed by atoms with Crippen molar-refractivity contribution in [3.05, 3.63) is 52.5 Å². The summed E-state index contributed by atoms with van der Waals surface area (Å²) in [5, 5.41) is 3.88. The second-order valence-electron chi connectivity index (χ2n) is 7.08. The number of hydrogen-bond donors (Lipinski definition) is 0. The van der Waals surface area contributed by atoms with Crippen LogP contribution in [-0.2, 0) is 11.3 Å². The van der Waals surface area contributed by atoms with Gasteiger partial charge in [-0.05, 0) is 43.5 Å². The SMILES string of the molecule is CN(Cc1ccccn1)C1COC2(CCN(C(=O)c3ccsc3)C2)C1. The molecule has 4 heterocycles. The molecular formula is C19H23N3O2S. The van der Waals surface area contributed by atoms with Crippen molar-refractivity contribution in [2.24, 2.45) is 0 Å². The topological polar surface area (TPSA) is 45.7 Å². The Morgan fingerprint density at radius 1 is 1.48 bits per heavy atom. The van der Waals surface area contributed by atoms with Gasteiger partial charge in [0.25, 0.3) is 5.91 Å². The lowest BCUT2D eigenvalue weighted by atomic mass is 9.96. The van der Waals surface area contributed by atoms with Gasteiger partial charge in [-0.25, -0.2) is 0 Å². The standard InChI is InChI=1S/C19H23N3O2S/c1-21(11-16-4-2-3-7-20-16)17-10-19(24-12-17)6-8-22(14-19)18(23)15-5-9-25-13-15/h2-5,7,9,13,17H,6,8,10-12,14H2,1H3. The summed E-state index contributed by atoms with van der Waals surface area (Å²) in [6.45, 7) is 3.03. The molecule has 2 unspecified atom stereocenters. The maximum atomic E-state index is 12.6. The van der Waals surface area contributed by atoms with Gasteiger partial charge in [0, 0.05) is 30.7 Å². The highest BCUT2D eigenvalue weighted by Crippen LogP contribution is 2.37. The van der Waals surface area contributed by atoms with Crippen molar-refractivity contribution in [3.63, 3.8) is 0 Å². The van der Waals surface area contributed by atoms with Crippen molar-refractivity contribution < 1.29 is 9.53 Å². The molecule has 0 N–H and O–H groups in total. The number of likely N-dealkylation sites (N-methyl/N-ethyl adjacent to an activating group) is 1. The van der Waals surface area contributed by atoms with Crippen molar-refractivity contribution >= 4 is 17.2 Å². The Balaban J connectivity index is 1.36. The van der Waals surface area contributed by atoms with Crippen LogP contribution in [0.1, 0.15) is 28.9 Å². The Labute approximate surface area is 152 Å². The number of amides is 1. The number of likely N-dealkylation sites (tertiary alicyclic amines) is 1. The lowest BCUT2D eigenvalue weighted by Gasteiger charge is -2.25. The maximum absolute atomic E-state index is 12.6. The predicted octanol–water partition coefficient (Wildman–Crippen LogP) is 2.65. The number of rotatable bonds is 4. The number of hydrogen-bond acceptors (Lipinski definition) is 5. The Morgan fingerprint density at radius 2 is 2.40 bits per heavy atom. The van der Waals surface area contributed by atoms with Crippen molar-refractivity contribution in [1.29, 1.82) is 0 Å². The summed E-state index contributed by atoms with van der Waals surface area (Å²) in [6.07, 6.45) is 3.74. The molecule has 0 saturated carbocycles. The second-order valence-corrected chi connectivity index (χ2v) is 7.86. The number of carbonyl (C=O) groups is 1. The molecule has 2 saturated heterocycles. The molecule has 2 aromatic heterocycles. The van der Waals surface area contributed by atoms with Crippen molar-refractivity contribution in [2.75, 3.05) is 26.7 Å². The van der Waals surface area contributed by atoms with E-state index in [0.717, 1.165) is 43.8 Å². The van der Waals surface area contributed by atoms with Gasteiger partial charge in [-0.2, -0.15) is 11.3 Å². The predicted molar refractivity (Wildman–Crippen MR) is 97.6 cm³/mol. The molecule has 0 radical (unpaired) electrons. The number of ether oxygens (including phenoxy) is 1. The van der Waals surface area contributed by atoms with E-state index in [9.17, 15) is 4.79 Å². The Bertz CT molecular complexity index is 722. The van der Waals surface area contributed by atoms with Crippen LogP contribution in [-0.4, -0.2) is 59.1 Å². The number of thiophene rings is 1. The first-order valence-corrected chi connectivity index (χ1v) is 9.65. The largest absolute Gasteiger partial charge is 0.371 e. The summed E-state index contributed by atoms with van der Waals surface area (Å²) in [7, 11) is 2.13. The fourth-order valence-electron chi connectivity index (χ4n) is 3.85. The highest BCUT2D eigenvalue weighted by molar-refractivity contribution is 7.08. The minimum atomic E-state index is -0.172. The van der Waals surface area contributed by atoms with E-state index in [1.54, 1.807) is 11.3 Å². The Morgan fingerprint density at radius 3 is 3.16 bits per heavy atom. The third-order valence-electron chi connectivity index (χ3n) is 5.32. The molecule has 1 amide bonds. The van der Waals surface area contributed by atoms with Crippen LogP contribution in [0.25, 0.3) is 0 Å². The Kier molecular flexibility index (Phi) is 4.58. The monoisotopic (exact) mass is 357 g/mol. The molecule has 6 heteroatoms. The first kappa shape index (κ1) is 16.7. The van der Waals surface area contributed by atoms with Gasteiger partial charge < -0.3 is 9.64 Å². The highest BCUT2D eigenvalue weighted by Gasteiger charge is 2.47. The molecule has 0 bridgehead atoms. The smallest absolute Gasteiger partial charge is 0.254 e. The van der Waals surface area contributed by atoms with E-state index in [1.165, 1.54) is 0 Å². The van der Waals surface area contributed by atoms with E-state index in [0.29, 0.717) is 12.6 Å². The molecule has 2 aromatic rings. The van der Waals surface area contributed by atoms with Crippen LogP contribution >= 0.6 is 11.3 Å². The van der Waals surface area contributed by atoms with E-state index in [1.807, 2.05) is 40.1 Å².